The third-order valence-corrected chi connectivity index (χ3v) is 6.00. The van der Waals surface area contributed by atoms with E-state index in [4.69, 9.17) is 4.74 Å². The lowest BCUT2D eigenvalue weighted by Crippen LogP contribution is -2.36. The molecule has 0 heterocycles. The Morgan fingerprint density at radius 3 is 2.17 bits per heavy atom. The maximum absolute atomic E-state index is 12.8. The van der Waals surface area contributed by atoms with Crippen LogP contribution in [0, 0.1) is 0 Å². The number of allylic oxidation sites excluding steroid dienone is 2. The quantitative estimate of drug-likeness (QED) is 0.287. The maximum Gasteiger partial charge on any atom is 0.517 e. The van der Waals surface area contributed by atoms with Gasteiger partial charge in [0.05, 0.1) is 6.61 Å². The average molecular weight is 448 g/mol. The summed E-state index contributed by atoms with van der Waals surface area (Å²) in [5.74, 6) is 0. The first kappa shape index (κ1) is 26.2. The molecule has 0 aliphatic carbocycles. The molecule has 170 valence electrons. The fourth-order valence-electron chi connectivity index (χ4n) is 2.89. The van der Waals surface area contributed by atoms with Gasteiger partial charge in [-0.15, -0.1) is 0 Å². The molecule has 0 saturated heterocycles. The van der Waals surface area contributed by atoms with Gasteiger partial charge in [0.2, 0.25) is 0 Å². The highest BCUT2D eigenvalue weighted by molar-refractivity contribution is 7.90. The van der Waals surface area contributed by atoms with Crippen LogP contribution in [0.25, 0.3) is 0 Å². The summed E-state index contributed by atoms with van der Waals surface area (Å²) >= 11 is 0. The van der Waals surface area contributed by atoms with Crippen LogP contribution in [-0.2, 0) is 21.4 Å². The van der Waals surface area contributed by atoms with Crippen molar-refractivity contribution in [1.82, 2.24) is 4.31 Å². The average Bonchev–Trinajstić information content (AvgIpc) is 2.69. The van der Waals surface area contributed by atoms with E-state index in [2.05, 4.69) is 6.58 Å². The van der Waals surface area contributed by atoms with Crippen molar-refractivity contribution in [2.75, 3.05) is 6.61 Å². The molecule has 0 bridgehead atoms. The maximum atomic E-state index is 12.8. The Bertz CT molecular complexity index is 747. The number of sulfonamides is 1. The molecule has 0 aromatic heterocycles. The summed E-state index contributed by atoms with van der Waals surface area (Å²) in [7, 11) is -5.45. The largest absolute Gasteiger partial charge is 0.517 e. The van der Waals surface area contributed by atoms with Gasteiger partial charge in [-0.25, -0.2) is 4.31 Å². The second-order valence-electron chi connectivity index (χ2n) is 7.06. The third kappa shape index (κ3) is 9.34. The zero-order chi connectivity index (χ0) is 22.5. The number of alkyl halides is 3. The van der Waals surface area contributed by atoms with E-state index < -0.39 is 15.5 Å². The normalized spacial score (nSPS) is 12.4. The Labute approximate surface area is 178 Å². The van der Waals surface area contributed by atoms with Gasteiger partial charge >= 0.3 is 15.5 Å². The molecule has 4 nitrogen and oxygen atoms in total. The summed E-state index contributed by atoms with van der Waals surface area (Å²) in [6.45, 7) is 6.34. The minimum atomic E-state index is -5.45. The van der Waals surface area contributed by atoms with E-state index in [9.17, 15) is 21.6 Å². The van der Waals surface area contributed by atoms with Crippen LogP contribution >= 0.6 is 0 Å². The van der Waals surface area contributed by atoms with E-state index in [-0.39, 0.29) is 16.4 Å². The number of halogens is 3. The molecule has 0 radical (unpaired) electrons. The molecule has 1 aromatic carbocycles. The highest BCUT2D eigenvalue weighted by Gasteiger charge is 2.49. The fourth-order valence-corrected chi connectivity index (χ4v) is 3.83. The van der Waals surface area contributed by atoms with E-state index in [1.54, 1.807) is 0 Å². The molecule has 0 atom stereocenters. The van der Waals surface area contributed by atoms with Crippen LogP contribution in [0.1, 0.15) is 63.9 Å². The van der Waals surface area contributed by atoms with E-state index in [1.165, 1.54) is 13.0 Å². The van der Waals surface area contributed by atoms with Gasteiger partial charge in [-0.1, -0.05) is 75.1 Å². The van der Waals surface area contributed by atoms with Gasteiger partial charge in [0.15, 0.2) is 0 Å². The number of benzene rings is 1. The van der Waals surface area contributed by atoms with Crippen LogP contribution in [0.15, 0.2) is 54.9 Å². The van der Waals surface area contributed by atoms with Crippen LogP contribution in [0.3, 0.4) is 0 Å². The zero-order valence-corrected chi connectivity index (χ0v) is 18.4. The Balaban J connectivity index is 2.13. The van der Waals surface area contributed by atoms with Crippen molar-refractivity contribution in [3.05, 3.63) is 60.4 Å². The van der Waals surface area contributed by atoms with Crippen LogP contribution in [0.2, 0.25) is 0 Å². The molecular formula is C22H32F3NO3S. The lowest BCUT2D eigenvalue weighted by Gasteiger charge is -2.23. The molecule has 0 unspecified atom stereocenters. The van der Waals surface area contributed by atoms with Gasteiger partial charge < -0.3 is 4.74 Å². The summed E-state index contributed by atoms with van der Waals surface area (Å²) in [6, 6.07) is 10.0. The van der Waals surface area contributed by atoms with Crippen molar-refractivity contribution < 1.29 is 26.3 Å². The highest BCUT2D eigenvalue weighted by Crippen LogP contribution is 2.30. The van der Waals surface area contributed by atoms with Crippen molar-refractivity contribution >= 4 is 10.0 Å². The van der Waals surface area contributed by atoms with Crippen molar-refractivity contribution in [3.8, 4) is 0 Å². The molecule has 1 rings (SSSR count). The van der Waals surface area contributed by atoms with Gasteiger partial charge in [-0.3, -0.25) is 0 Å². The van der Waals surface area contributed by atoms with Crippen molar-refractivity contribution in [2.45, 2.75) is 70.4 Å². The Morgan fingerprint density at radius 1 is 1.03 bits per heavy atom. The van der Waals surface area contributed by atoms with Gasteiger partial charge in [0.1, 0.15) is 0 Å². The molecular weight excluding hydrogens is 415 g/mol. The molecule has 1 aromatic rings. The SMILES string of the molecule is C=C(CCCCCCCCCOCc1ccccc1)N(/C=C/C)S(=O)(=O)C(F)(F)F. The van der Waals surface area contributed by atoms with Crippen LogP contribution in [0.4, 0.5) is 13.2 Å². The van der Waals surface area contributed by atoms with E-state index in [0.717, 1.165) is 56.9 Å². The van der Waals surface area contributed by atoms with Crippen LogP contribution < -0.4 is 0 Å². The summed E-state index contributed by atoms with van der Waals surface area (Å²) in [6.07, 6.45) is 8.88. The molecule has 0 fully saturated rings. The van der Waals surface area contributed by atoms with Crippen LogP contribution in [0.5, 0.6) is 0 Å². The highest BCUT2D eigenvalue weighted by atomic mass is 32.2. The van der Waals surface area contributed by atoms with Crippen LogP contribution in [-0.4, -0.2) is 24.8 Å². The fraction of sp³-hybridized carbons (Fsp3) is 0.545. The molecule has 30 heavy (non-hydrogen) atoms. The number of ether oxygens (including phenoxy) is 1. The summed E-state index contributed by atoms with van der Waals surface area (Å²) in [4.78, 5) is 0. The first-order valence-electron chi connectivity index (χ1n) is 10.2. The number of nitrogens with zero attached hydrogens (tertiary/aromatic N) is 1. The van der Waals surface area contributed by atoms with Gasteiger partial charge in [-0.05, 0) is 31.7 Å². The smallest absolute Gasteiger partial charge is 0.377 e. The second-order valence-corrected chi connectivity index (χ2v) is 8.86. The summed E-state index contributed by atoms with van der Waals surface area (Å²) in [5.41, 5.74) is -4.25. The van der Waals surface area contributed by atoms with E-state index in [1.807, 2.05) is 30.3 Å². The van der Waals surface area contributed by atoms with Gasteiger partial charge in [0.25, 0.3) is 0 Å². The van der Waals surface area contributed by atoms with E-state index >= 15 is 0 Å². The second kappa shape index (κ2) is 13.5. The molecule has 0 amide bonds. The predicted octanol–water partition coefficient (Wildman–Crippen LogP) is 6.52. The topological polar surface area (TPSA) is 46.6 Å². The van der Waals surface area contributed by atoms with Gasteiger partial charge in [-0.2, -0.15) is 21.6 Å². The Hall–Kier alpha value is -1.80. The molecule has 0 saturated carbocycles. The minimum Gasteiger partial charge on any atom is -0.377 e. The third-order valence-electron chi connectivity index (χ3n) is 4.51. The Kier molecular flexibility index (Phi) is 11.8. The first-order chi connectivity index (χ1) is 14.2. The lowest BCUT2D eigenvalue weighted by atomic mass is 10.1. The monoisotopic (exact) mass is 447 g/mol. The zero-order valence-electron chi connectivity index (χ0n) is 17.5. The van der Waals surface area contributed by atoms with E-state index in [0.29, 0.717) is 13.0 Å². The van der Waals surface area contributed by atoms with Crippen molar-refractivity contribution in [2.24, 2.45) is 0 Å². The Morgan fingerprint density at radius 2 is 1.60 bits per heavy atom. The predicted molar refractivity (Wildman–Crippen MR) is 114 cm³/mol. The summed E-state index contributed by atoms with van der Waals surface area (Å²) < 4.78 is 67.5. The molecule has 0 spiro atoms. The number of hydrogen-bond donors (Lipinski definition) is 0. The number of unbranched alkanes of at least 4 members (excludes halogenated alkanes) is 6. The molecule has 8 heteroatoms. The van der Waals surface area contributed by atoms with Crippen molar-refractivity contribution in [3.63, 3.8) is 0 Å². The van der Waals surface area contributed by atoms with Gasteiger partial charge in [0, 0.05) is 18.5 Å². The molecule has 0 aliphatic rings. The van der Waals surface area contributed by atoms with Crippen molar-refractivity contribution in [1.29, 1.82) is 0 Å². The molecule has 0 aliphatic heterocycles. The molecule has 0 N–H and O–H groups in total. The number of rotatable bonds is 15. The standard InChI is InChI=1S/C22H32F3NO3S/c1-3-17-26(30(27,28)22(23,24)25)20(2)14-10-7-5-4-6-8-13-18-29-19-21-15-11-9-12-16-21/h3,9,11-12,15-17H,2,4-8,10,13-14,18-19H2,1H3/b17-3+. The lowest BCUT2D eigenvalue weighted by molar-refractivity contribution is -0.0471. The minimum absolute atomic E-state index is 0.0685. The number of hydrogen-bond acceptors (Lipinski definition) is 3. The summed E-state index contributed by atoms with van der Waals surface area (Å²) in [5, 5.41) is 0. The first-order valence-corrected chi connectivity index (χ1v) is 11.7.